The first-order chi connectivity index (χ1) is 23.2. The summed E-state index contributed by atoms with van der Waals surface area (Å²) in [4.78, 5) is 25.4. The largest absolute Gasteiger partial charge is 0.508 e. The first-order valence-electron chi connectivity index (χ1n) is 15.7. The van der Waals surface area contributed by atoms with Gasteiger partial charge in [-0.15, -0.1) is 0 Å². The number of phenols is 4. The molecule has 0 unspecified atom stereocenters. The van der Waals surface area contributed by atoms with Crippen molar-refractivity contribution in [1.82, 2.24) is 0 Å². The van der Waals surface area contributed by atoms with Crippen molar-refractivity contribution < 1.29 is 49.0 Å². The summed E-state index contributed by atoms with van der Waals surface area (Å²) < 4.78 is 23.6. The number of fused-ring (bicyclic) bond motifs is 2. The fourth-order valence-corrected chi connectivity index (χ4v) is 6.34. The van der Waals surface area contributed by atoms with E-state index >= 15 is 0 Å². The number of allylic oxidation sites excluding steroid dienone is 2. The lowest BCUT2D eigenvalue weighted by Gasteiger charge is -2.24. The van der Waals surface area contributed by atoms with Crippen LogP contribution in [0.4, 0.5) is 0 Å². The second-order valence-corrected chi connectivity index (χ2v) is 12.1. The molecule has 244 valence electrons. The van der Waals surface area contributed by atoms with Crippen LogP contribution in [0.1, 0.15) is 57.5 Å². The predicted molar refractivity (Wildman–Crippen MR) is 175 cm³/mol. The quantitative estimate of drug-likeness (QED) is 0.140. The van der Waals surface area contributed by atoms with Gasteiger partial charge in [-0.05, 0) is 66.3 Å². The minimum absolute atomic E-state index is 0.0263. The van der Waals surface area contributed by atoms with Crippen molar-refractivity contribution in [2.75, 3.05) is 13.2 Å². The molecule has 2 heterocycles. The van der Waals surface area contributed by atoms with Crippen LogP contribution in [-0.4, -0.2) is 45.2 Å². The molecule has 0 radical (unpaired) electrons. The van der Waals surface area contributed by atoms with Crippen LogP contribution in [0.5, 0.6) is 46.0 Å². The second-order valence-electron chi connectivity index (χ2n) is 12.1. The van der Waals surface area contributed by atoms with E-state index in [9.17, 15) is 30.0 Å². The maximum absolute atomic E-state index is 12.7. The molecule has 0 amide bonds. The standard InChI is InChI=1S/C38H32O10/c39-25-15-29(41)35-31(17-25)47-33(37(35)43)13-21-5-9-27(10-6-21)45-19-24(23-3-1-2-4-23)20-46-28-11-7-22(8-12-28)14-34-38(44)36-30(42)16-26(40)18-32(36)48-34/h5-18,23-24,39-42H,1-4,19-20H2/b33-13-,34-14-. The van der Waals surface area contributed by atoms with E-state index in [1.807, 2.05) is 48.5 Å². The highest BCUT2D eigenvalue weighted by Gasteiger charge is 2.32. The van der Waals surface area contributed by atoms with E-state index in [4.69, 9.17) is 18.9 Å². The highest BCUT2D eigenvalue weighted by molar-refractivity contribution is 6.17. The molecule has 1 fully saturated rings. The molecule has 3 aliphatic rings. The molecule has 7 rings (SSSR count). The lowest BCUT2D eigenvalue weighted by atomic mass is 9.92. The van der Waals surface area contributed by atoms with Crippen LogP contribution in [-0.2, 0) is 0 Å². The van der Waals surface area contributed by atoms with Crippen LogP contribution in [0.25, 0.3) is 12.2 Å². The van der Waals surface area contributed by atoms with Crippen molar-refractivity contribution >= 4 is 23.7 Å². The van der Waals surface area contributed by atoms with Gasteiger partial charge in [-0.25, -0.2) is 0 Å². The Morgan fingerprint density at radius 2 is 1.06 bits per heavy atom. The van der Waals surface area contributed by atoms with Gasteiger partial charge in [-0.1, -0.05) is 37.1 Å². The summed E-state index contributed by atoms with van der Waals surface area (Å²) >= 11 is 0. The van der Waals surface area contributed by atoms with Gasteiger partial charge in [-0.3, -0.25) is 9.59 Å². The van der Waals surface area contributed by atoms with E-state index in [-0.39, 0.29) is 63.1 Å². The molecule has 4 N–H and O–H groups in total. The second kappa shape index (κ2) is 12.7. The van der Waals surface area contributed by atoms with Crippen LogP contribution in [0.3, 0.4) is 0 Å². The third-order valence-corrected chi connectivity index (χ3v) is 8.82. The number of benzene rings is 4. The Morgan fingerprint density at radius 1 is 0.646 bits per heavy atom. The molecule has 1 saturated carbocycles. The van der Waals surface area contributed by atoms with Gasteiger partial charge in [0, 0.05) is 30.2 Å². The third kappa shape index (κ3) is 6.24. The zero-order valence-electron chi connectivity index (χ0n) is 25.7. The van der Waals surface area contributed by atoms with Crippen LogP contribution in [0.15, 0.2) is 84.3 Å². The molecule has 2 aliphatic heterocycles. The highest BCUT2D eigenvalue weighted by Crippen LogP contribution is 2.42. The van der Waals surface area contributed by atoms with Gasteiger partial charge in [0.15, 0.2) is 11.5 Å². The van der Waals surface area contributed by atoms with Crippen LogP contribution in [0.2, 0.25) is 0 Å². The fourth-order valence-electron chi connectivity index (χ4n) is 6.34. The van der Waals surface area contributed by atoms with E-state index in [0.29, 0.717) is 41.8 Å². The van der Waals surface area contributed by atoms with Gasteiger partial charge < -0.3 is 39.4 Å². The first-order valence-corrected chi connectivity index (χ1v) is 15.7. The Balaban J connectivity index is 0.962. The molecule has 0 aromatic heterocycles. The number of aromatic hydroxyl groups is 4. The normalized spacial score (nSPS) is 17.7. The Kier molecular flexibility index (Phi) is 8.14. The molecule has 0 atom stereocenters. The van der Waals surface area contributed by atoms with Crippen molar-refractivity contribution in [2.45, 2.75) is 25.7 Å². The topological polar surface area (TPSA) is 152 Å². The molecule has 48 heavy (non-hydrogen) atoms. The SMILES string of the molecule is O=C1/C(=C/c2ccc(OCC(COc3ccc(/C=C4\Oc5cc(O)cc(O)c5C4=O)cc3)C3CCCC3)cc2)Oc2cc(O)cc(O)c21. The average molecular weight is 649 g/mol. The third-order valence-electron chi connectivity index (χ3n) is 8.82. The average Bonchev–Trinajstić information content (AvgIpc) is 3.77. The van der Waals surface area contributed by atoms with E-state index in [2.05, 4.69) is 0 Å². The van der Waals surface area contributed by atoms with Crippen molar-refractivity contribution in [3.8, 4) is 46.0 Å². The Morgan fingerprint density at radius 3 is 1.48 bits per heavy atom. The number of ether oxygens (including phenoxy) is 4. The molecule has 10 heteroatoms. The minimum atomic E-state index is -0.458. The van der Waals surface area contributed by atoms with Gasteiger partial charge in [0.05, 0.1) is 13.2 Å². The summed E-state index contributed by atoms with van der Waals surface area (Å²) in [6.07, 6.45) is 7.74. The number of hydrogen-bond donors (Lipinski definition) is 4. The Bertz CT molecular complexity index is 1820. The van der Waals surface area contributed by atoms with E-state index < -0.39 is 11.6 Å². The van der Waals surface area contributed by atoms with Crippen molar-refractivity contribution in [3.05, 3.63) is 107 Å². The van der Waals surface area contributed by atoms with Crippen LogP contribution >= 0.6 is 0 Å². The summed E-state index contributed by atoms with van der Waals surface area (Å²) in [6.45, 7) is 0.939. The predicted octanol–water partition coefficient (Wildman–Crippen LogP) is 7.01. The monoisotopic (exact) mass is 648 g/mol. The summed E-state index contributed by atoms with van der Waals surface area (Å²) in [5.41, 5.74) is 1.47. The number of Topliss-reactive ketones (excluding diaryl/α,β-unsaturated/α-hetero) is 2. The van der Waals surface area contributed by atoms with E-state index in [1.165, 1.54) is 25.0 Å². The smallest absolute Gasteiger partial charge is 0.235 e. The zero-order chi connectivity index (χ0) is 33.4. The Hall–Kier alpha value is -5.90. The molecule has 4 aromatic carbocycles. The zero-order valence-corrected chi connectivity index (χ0v) is 25.7. The summed E-state index contributed by atoms with van der Waals surface area (Å²) in [5.74, 6) is 0.358. The maximum atomic E-state index is 12.7. The minimum Gasteiger partial charge on any atom is -0.508 e. The molecular formula is C38H32O10. The van der Waals surface area contributed by atoms with Gasteiger partial charge >= 0.3 is 0 Å². The van der Waals surface area contributed by atoms with Crippen molar-refractivity contribution in [3.63, 3.8) is 0 Å². The van der Waals surface area contributed by atoms with E-state index in [1.54, 1.807) is 12.2 Å². The molecule has 0 spiro atoms. The molecule has 1 aliphatic carbocycles. The molecule has 10 nitrogen and oxygen atoms in total. The molecule has 4 aromatic rings. The molecule has 0 saturated heterocycles. The molecular weight excluding hydrogens is 616 g/mol. The number of hydrogen-bond acceptors (Lipinski definition) is 10. The number of rotatable bonds is 9. The lowest BCUT2D eigenvalue weighted by Crippen LogP contribution is -2.26. The molecule has 0 bridgehead atoms. The van der Waals surface area contributed by atoms with E-state index in [0.717, 1.165) is 25.0 Å². The lowest BCUT2D eigenvalue weighted by molar-refractivity contribution is 0.100. The van der Waals surface area contributed by atoms with Crippen molar-refractivity contribution in [1.29, 1.82) is 0 Å². The van der Waals surface area contributed by atoms with Gasteiger partial charge in [0.2, 0.25) is 11.6 Å². The van der Waals surface area contributed by atoms with Gasteiger partial charge in [-0.2, -0.15) is 0 Å². The van der Waals surface area contributed by atoms with Crippen LogP contribution in [0, 0.1) is 11.8 Å². The highest BCUT2D eigenvalue weighted by atomic mass is 16.5. The summed E-state index contributed by atoms with van der Waals surface area (Å²) in [5, 5.41) is 39.5. The summed E-state index contributed by atoms with van der Waals surface area (Å²) in [7, 11) is 0. The van der Waals surface area contributed by atoms with Gasteiger partial charge in [0.25, 0.3) is 0 Å². The fraction of sp³-hybridized carbons (Fsp3) is 0.211. The van der Waals surface area contributed by atoms with Crippen molar-refractivity contribution in [2.24, 2.45) is 11.8 Å². The number of ketones is 2. The van der Waals surface area contributed by atoms with Crippen LogP contribution < -0.4 is 18.9 Å². The van der Waals surface area contributed by atoms with Gasteiger partial charge in [0.1, 0.15) is 57.1 Å². The number of carbonyl (C=O) groups is 2. The Labute approximate surface area is 275 Å². The number of phenolic OH excluding ortho intramolecular Hbond substituents is 4. The summed E-state index contributed by atoms with van der Waals surface area (Å²) in [6, 6.07) is 19.3. The number of carbonyl (C=O) groups excluding carboxylic acids is 2. The maximum Gasteiger partial charge on any atom is 0.235 e. The first kappa shape index (κ1) is 30.7.